The van der Waals surface area contributed by atoms with E-state index in [1.165, 1.54) is 0 Å². The average molecular weight is 350 g/mol. The van der Waals surface area contributed by atoms with Crippen LogP contribution in [0.15, 0.2) is 48.8 Å². The van der Waals surface area contributed by atoms with E-state index in [1.807, 2.05) is 30.5 Å². The lowest BCUT2D eigenvalue weighted by Crippen LogP contribution is -2.38. The summed E-state index contributed by atoms with van der Waals surface area (Å²) in [7, 11) is 0. The summed E-state index contributed by atoms with van der Waals surface area (Å²) in [5.41, 5.74) is 3.14. The SMILES string of the molecule is O[C@H]1CCCN(c2ccnc(NCc3cn[nH]c3-c3ccccc3)n2)C1. The molecule has 1 atom stereocenters. The number of H-pyrrole nitrogens is 1. The molecule has 3 aromatic rings. The molecule has 1 aliphatic rings. The van der Waals surface area contributed by atoms with Gasteiger partial charge in [-0.15, -0.1) is 0 Å². The Morgan fingerprint density at radius 2 is 2.12 bits per heavy atom. The molecule has 1 aliphatic heterocycles. The lowest BCUT2D eigenvalue weighted by Gasteiger charge is -2.31. The van der Waals surface area contributed by atoms with E-state index < -0.39 is 0 Å². The number of hydrogen-bond donors (Lipinski definition) is 3. The van der Waals surface area contributed by atoms with Crippen LogP contribution in [0.25, 0.3) is 11.3 Å². The summed E-state index contributed by atoms with van der Waals surface area (Å²) in [6.07, 6.45) is 5.12. The van der Waals surface area contributed by atoms with E-state index in [1.54, 1.807) is 6.20 Å². The molecule has 0 unspecified atom stereocenters. The van der Waals surface area contributed by atoms with Crippen LogP contribution in [0.3, 0.4) is 0 Å². The zero-order valence-electron chi connectivity index (χ0n) is 14.5. The number of nitrogens with zero attached hydrogens (tertiary/aromatic N) is 4. The van der Waals surface area contributed by atoms with Crippen LogP contribution in [-0.2, 0) is 6.54 Å². The van der Waals surface area contributed by atoms with Crippen LogP contribution in [0.4, 0.5) is 11.8 Å². The molecule has 0 bridgehead atoms. The summed E-state index contributed by atoms with van der Waals surface area (Å²) in [6.45, 7) is 2.11. The smallest absolute Gasteiger partial charge is 0.224 e. The monoisotopic (exact) mass is 350 g/mol. The molecule has 1 fully saturated rings. The van der Waals surface area contributed by atoms with Crippen molar-refractivity contribution >= 4 is 11.8 Å². The maximum Gasteiger partial charge on any atom is 0.224 e. The number of anilines is 2. The van der Waals surface area contributed by atoms with E-state index in [0.717, 1.165) is 42.0 Å². The van der Waals surface area contributed by atoms with Crippen LogP contribution in [0.1, 0.15) is 18.4 Å². The molecule has 3 N–H and O–H groups in total. The minimum atomic E-state index is -0.283. The lowest BCUT2D eigenvalue weighted by atomic mass is 10.1. The van der Waals surface area contributed by atoms with E-state index in [9.17, 15) is 5.11 Å². The number of aliphatic hydroxyl groups is 1. The van der Waals surface area contributed by atoms with Gasteiger partial charge in [-0.3, -0.25) is 5.10 Å². The van der Waals surface area contributed by atoms with Crippen molar-refractivity contribution in [2.24, 2.45) is 0 Å². The van der Waals surface area contributed by atoms with Gasteiger partial charge in [-0.1, -0.05) is 30.3 Å². The van der Waals surface area contributed by atoms with E-state index in [0.29, 0.717) is 19.0 Å². The minimum Gasteiger partial charge on any atom is -0.391 e. The molecule has 7 nitrogen and oxygen atoms in total. The number of nitrogens with one attached hydrogen (secondary N) is 2. The predicted octanol–water partition coefficient (Wildman–Crippen LogP) is 2.44. The van der Waals surface area contributed by atoms with E-state index in [4.69, 9.17) is 0 Å². The second-order valence-corrected chi connectivity index (χ2v) is 6.47. The van der Waals surface area contributed by atoms with Crippen molar-refractivity contribution in [3.05, 3.63) is 54.4 Å². The molecule has 0 aliphatic carbocycles. The molecule has 134 valence electrons. The van der Waals surface area contributed by atoms with Gasteiger partial charge in [-0.05, 0) is 24.5 Å². The summed E-state index contributed by atoms with van der Waals surface area (Å²) in [5, 5.41) is 20.4. The van der Waals surface area contributed by atoms with Crippen molar-refractivity contribution in [3.8, 4) is 11.3 Å². The molecule has 26 heavy (non-hydrogen) atoms. The number of hydrogen-bond acceptors (Lipinski definition) is 6. The van der Waals surface area contributed by atoms with Crippen molar-refractivity contribution in [1.82, 2.24) is 20.2 Å². The number of β-amino-alcohol motifs (C(OH)–C–C–N with tert-alkyl or cyclic N) is 1. The summed E-state index contributed by atoms with van der Waals surface area (Å²) in [6, 6.07) is 12.0. The topological polar surface area (TPSA) is 90.0 Å². The Hall–Kier alpha value is -2.93. The number of benzene rings is 1. The van der Waals surface area contributed by atoms with Crippen molar-refractivity contribution in [2.45, 2.75) is 25.5 Å². The van der Waals surface area contributed by atoms with Gasteiger partial charge in [0, 0.05) is 31.4 Å². The maximum atomic E-state index is 9.87. The van der Waals surface area contributed by atoms with Gasteiger partial charge >= 0.3 is 0 Å². The molecule has 0 saturated carbocycles. The fourth-order valence-corrected chi connectivity index (χ4v) is 3.25. The highest BCUT2D eigenvalue weighted by molar-refractivity contribution is 5.62. The molecule has 0 radical (unpaired) electrons. The molecular weight excluding hydrogens is 328 g/mol. The van der Waals surface area contributed by atoms with Gasteiger partial charge in [-0.25, -0.2) is 4.98 Å². The quantitative estimate of drug-likeness (QED) is 0.655. The fourth-order valence-electron chi connectivity index (χ4n) is 3.25. The summed E-state index contributed by atoms with van der Waals surface area (Å²) in [5.74, 6) is 1.42. The molecule has 0 amide bonds. The molecular formula is C19H22N6O. The van der Waals surface area contributed by atoms with Crippen LogP contribution >= 0.6 is 0 Å². The standard InChI is InChI=1S/C19H22N6O/c26-16-7-4-10-25(13-16)17-8-9-20-19(23-17)21-11-15-12-22-24-18(15)14-5-2-1-3-6-14/h1-3,5-6,8-9,12,16,26H,4,7,10-11,13H2,(H,22,24)(H,20,21,23)/t16-/m0/s1. The lowest BCUT2D eigenvalue weighted by molar-refractivity contribution is 0.154. The molecule has 4 rings (SSSR count). The summed E-state index contributed by atoms with van der Waals surface area (Å²) < 4.78 is 0. The van der Waals surface area contributed by atoms with E-state index in [2.05, 4.69) is 42.5 Å². The second-order valence-electron chi connectivity index (χ2n) is 6.47. The van der Waals surface area contributed by atoms with Crippen molar-refractivity contribution in [1.29, 1.82) is 0 Å². The largest absolute Gasteiger partial charge is 0.391 e. The van der Waals surface area contributed by atoms with Gasteiger partial charge < -0.3 is 15.3 Å². The van der Waals surface area contributed by atoms with Crippen LogP contribution in [0.5, 0.6) is 0 Å². The fraction of sp³-hybridized carbons (Fsp3) is 0.316. The molecule has 1 saturated heterocycles. The van der Waals surface area contributed by atoms with Gasteiger partial charge in [-0.2, -0.15) is 10.1 Å². The van der Waals surface area contributed by atoms with Gasteiger partial charge in [0.1, 0.15) is 5.82 Å². The van der Waals surface area contributed by atoms with Gasteiger partial charge in [0.15, 0.2) is 0 Å². The zero-order chi connectivity index (χ0) is 17.8. The van der Waals surface area contributed by atoms with Crippen molar-refractivity contribution in [3.63, 3.8) is 0 Å². The number of piperidine rings is 1. The predicted molar refractivity (Wildman–Crippen MR) is 101 cm³/mol. The van der Waals surface area contributed by atoms with Crippen LogP contribution in [0, 0.1) is 0 Å². The molecule has 2 aromatic heterocycles. The summed E-state index contributed by atoms with van der Waals surface area (Å²) in [4.78, 5) is 11.0. The normalized spacial score (nSPS) is 17.3. The first-order valence-corrected chi connectivity index (χ1v) is 8.87. The minimum absolute atomic E-state index is 0.283. The Morgan fingerprint density at radius 3 is 2.96 bits per heavy atom. The van der Waals surface area contributed by atoms with Crippen molar-refractivity contribution < 1.29 is 5.11 Å². The van der Waals surface area contributed by atoms with Gasteiger partial charge in [0.2, 0.25) is 5.95 Å². The van der Waals surface area contributed by atoms with Crippen LogP contribution < -0.4 is 10.2 Å². The number of aromatic nitrogens is 4. The first kappa shape index (κ1) is 16.5. The van der Waals surface area contributed by atoms with Gasteiger partial charge in [0.05, 0.1) is 18.0 Å². The molecule has 3 heterocycles. The number of aromatic amines is 1. The molecule has 7 heteroatoms. The van der Waals surface area contributed by atoms with Gasteiger partial charge in [0.25, 0.3) is 0 Å². The number of rotatable bonds is 5. The first-order valence-electron chi connectivity index (χ1n) is 8.87. The van der Waals surface area contributed by atoms with Crippen molar-refractivity contribution in [2.75, 3.05) is 23.3 Å². The molecule has 0 spiro atoms. The highest BCUT2D eigenvalue weighted by Crippen LogP contribution is 2.22. The molecule has 1 aromatic carbocycles. The Morgan fingerprint density at radius 1 is 1.23 bits per heavy atom. The highest BCUT2D eigenvalue weighted by atomic mass is 16.3. The Kier molecular flexibility index (Phi) is 4.79. The van der Waals surface area contributed by atoms with Crippen LogP contribution in [-0.4, -0.2) is 44.5 Å². The second kappa shape index (κ2) is 7.53. The Bertz CT molecular complexity index is 850. The Balaban J connectivity index is 1.46. The first-order chi connectivity index (χ1) is 12.8. The maximum absolute atomic E-state index is 9.87. The number of aliphatic hydroxyl groups excluding tert-OH is 1. The highest BCUT2D eigenvalue weighted by Gasteiger charge is 2.19. The average Bonchev–Trinajstić information content (AvgIpc) is 3.16. The zero-order valence-corrected chi connectivity index (χ0v) is 14.5. The van der Waals surface area contributed by atoms with E-state index in [-0.39, 0.29) is 6.10 Å². The third-order valence-corrected chi connectivity index (χ3v) is 4.58. The summed E-state index contributed by atoms with van der Waals surface area (Å²) >= 11 is 0. The Labute approximate surface area is 152 Å². The third kappa shape index (κ3) is 3.67. The van der Waals surface area contributed by atoms with E-state index >= 15 is 0 Å². The third-order valence-electron chi connectivity index (χ3n) is 4.58. The van der Waals surface area contributed by atoms with Crippen LogP contribution in [0.2, 0.25) is 0 Å².